The lowest BCUT2D eigenvalue weighted by molar-refractivity contribution is -0.143. The average Bonchev–Trinajstić information content (AvgIpc) is 3.44. The maximum absolute atomic E-state index is 13.9. The van der Waals surface area contributed by atoms with Crippen molar-refractivity contribution >= 4 is 17.6 Å². The summed E-state index contributed by atoms with van der Waals surface area (Å²) < 4.78 is 5.58. The number of benzene rings is 1. The normalized spacial score (nSPS) is 30.7. The molecule has 6 rings (SSSR count). The predicted octanol–water partition coefficient (Wildman–Crippen LogP) is 2.36. The van der Waals surface area contributed by atoms with Crippen LogP contribution in [0, 0.1) is 0 Å². The lowest BCUT2D eigenvalue weighted by Crippen LogP contribution is -2.62. The van der Waals surface area contributed by atoms with Crippen molar-refractivity contribution in [2.75, 3.05) is 26.2 Å². The number of carbonyl (C=O) groups excluding carboxylic acids is 3. The highest BCUT2D eigenvalue weighted by molar-refractivity contribution is 6.01. The highest BCUT2D eigenvalue weighted by atomic mass is 16.5. The molecule has 2 aliphatic carbocycles. The molecule has 3 aliphatic heterocycles. The van der Waals surface area contributed by atoms with Crippen LogP contribution in [0.2, 0.25) is 0 Å². The first-order chi connectivity index (χ1) is 17.9. The largest absolute Gasteiger partial charge is 0.366 e. The van der Waals surface area contributed by atoms with E-state index in [1.807, 2.05) is 12.1 Å². The third-order valence-corrected chi connectivity index (χ3v) is 9.72. The number of Topliss-reactive ketones (excluding diaryl/α,β-unsaturated/α-hetero) is 1. The van der Waals surface area contributed by atoms with Crippen LogP contribution in [0.1, 0.15) is 86.0 Å². The SMILES string of the molecule is N[C@@H]1CN(C(=O)C2(NC(=O)c3ccc(C4CCN(C5CCC5)CC4)cc3)CCCCC2)[C@@H]2C(=O)CO[C@H]12. The van der Waals surface area contributed by atoms with E-state index in [2.05, 4.69) is 22.3 Å². The standard InChI is InChI=1S/C29H40N4O4/c30-23-17-33(25-24(34)18-37-26(23)25)28(36)29(13-2-1-3-14-29)31-27(35)21-9-7-19(8-10-21)20-11-15-32(16-12-20)22-5-4-6-22/h7-10,20,22-23,25-26H,1-6,11-18,30H2,(H,31,35)/t23-,25-,26-/m1/s1. The number of piperidine rings is 1. The Morgan fingerprint density at radius 3 is 2.32 bits per heavy atom. The number of nitrogens with one attached hydrogen (secondary N) is 1. The van der Waals surface area contributed by atoms with Gasteiger partial charge < -0.3 is 25.6 Å². The summed E-state index contributed by atoms with van der Waals surface area (Å²) >= 11 is 0. The first-order valence-electron chi connectivity index (χ1n) is 14.3. The number of likely N-dealkylation sites (tertiary alicyclic amines) is 2. The number of hydrogen-bond donors (Lipinski definition) is 2. The van der Waals surface area contributed by atoms with Crippen LogP contribution >= 0.6 is 0 Å². The Kier molecular flexibility index (Phi) is 6.84. The van der Waals surface area contributed by atoms with Crippen LogP contribution in [0.5, 0.6) is 0 Å². The number of ether oxygens (including phenoxy) is 1. The maximum Gasteiger partial charge on any atom is 0.252 e. The predicted molar refractivity (Wildman–Crippen MR) is 139 cm³/mol. The molecule has 5 fully saturated rings. The number of fused-ring (bicyclic) bond motifs is 1. The van der Waals surface area contributed by atoms with Crippen molar-refractivity contribution in [3.8, 4) is 0 Å². The zero-order valence-corrected chi connectivity index (χ0v) is 21.7. The van der Waals surface area contributed by atoms with E-state index < -0.39 is 17.7 Å². The van der Waals surface area contributed by atoms with Crippen LogP contribution in [0.4, 0.5) is 0 Å². The highest BCUT2D eigenvalue weighted by Crippen LogP contribution is 2.36. The van der Waals surface area contributed by atoms with E-state index in [1.165, 1.54) is 37.7 Å². The van der Waals surface area contributed by atoms with Gasteiger partial charge in [-0.25, -0.2) is 0 Å². The van der Waals surface area contributed by atoms with E-state index in [9.17, 15) is 14.4 Å². The quantitative estimate of drug-likeness (QED) is 0.633. The van der Waals surface area contributed by atoms with E-state index in [-0.39, 0.29) is 36.8 Å². The minimum atomic E-state index is -1.00. The Bertz CT molecular complexity index is 1020. The Labute approximate surface area is 219 Å². The molecule has 3 N–H and O–H groups in total. The number of nitrogens with zero attached hydrogens (tertiary/aromatic N) is 2. The van der Waals surface area contributed by atoms with Crippen LogP contribution in [-0.4, -0.2) is 83.4 Å². The van der Waals surface area contributed by atoms with Gasteiger partial charge in [0.15, 0.2) is 5.78 Å². The van der Waals surface area contributed by atoms with E-state index in [1.54, 1.807) is 4.90 Å². The van der Waals surface area contributed by atoms with Crippen LogP contribution < -0.4 is 11.1 Å². The molecule has 0 spiro atoms. The minimum Gasteiger partial charge on any atom is -0.366 e. The van der Waals surface area contributed by atoms with Crippen LogP contribution in [0.25, 0.3) is 0 Å². The smallest absolute Gasteiger partial charge is 0.252 e. The lowest BCUT2D eigenvalue weighted by atomic mass is 9.80. The molecule has 0 radical (unpaired) electrons. The maximum atomic E-state index is 13.9. The number of nitrogens with two attached hydrogens (primary N) is 1. The average molecular weight is 509 g/mol. The second-order valence-corrected chi connectivity index (χ2v) is 11.9. The fourth-order valence-corrected chi connectivity index (χ4v) is 7.27. The molecule has 3 heterocycles. The Balaban J connectivity index is 1.13. The summed E-state index contributed by atoms with van der Waals surface area (Å²) in [5.74, 6) is 0.0312. The van der Waals surface area contributed by atoms with Gasteiger partial charge in [-0.05, 0) is 75.2 Å². The topological polar surface area (TPSA) is 105 Å². The van der Waals surface area contributed by atoms with Gasteiger partial charge in [0.2, 0.25) is 5.91 Å². The summed E-state index contributed by atoms with van der Waals surface area (Å²) in [6.45, 7) is 2.61. The molecule has 8 heteroatoms. The van der Waals surface area contributed by atoms with Gasteiger partial charge in [0.25, 0.3) is 5.91 Å². The van der Waals surface area contributed by atoms with E-state index >= 15 is 0 Å². The van der Waals surface area contributed by atoms with Crippen molar-refractivity contribution in [3.63, 3.8) is 0 Å². The molecule has 37 heavy (non-hydrogen) atoms. The van der Waals surface area contributed by atoms with Crippen molar-refractivity contribution in [1.29, 1.82) is 0 Å². The van der Waals surface area contributed by atoms with Crippen molar-refractivity contribution in [1.82, 2.24) is 15.1 Å². The number of amides is 2. The first-order valence-corrected chi connectivity index (χ1v) is 14.3. The molecule has 3 atom stereocenters. The number of rotatable bonds is 5. The minimum absolute atomic E-state index is 0.00186. The summed E-state index contributed by atoms with van der Waals surface area (Å²) in [6.07, 6.45) is 9.90. The molecule has 200 valence electrons. The van der Waals surface area contributed by atoms with Crippen LogP contribution in [-0.2, 0) is 14.3 Å². The van der Waals surface area contributed by atoms with Crippen molar-refractivity contribution in [2.45, 2.75) is 99.9 Å². The molecular weight excluding hydrogens is 468 g/mol. The molecule has 3 saturated heterocycles. The summed E-state index contributed by atoms with van der Waals surface area (Å²) in [5.41, 5.74) is 7.09. The van der Waals surface area contributed by atoms with Crippen molar-refractivity contribution < 1.29 is 19.1 Å². The van der Waals surface area contributed by atoms with Crippen LogP contribution in [0.15, 0.2) is 24.3 Å². The monoisotopic (exact) mass is 508 g/mol. The first kappa shape index (κ1) is 25.0. The molecule has 0 bridgehead atoms. The highest BCUT2D eigenvalue weighted by Gasteiger charge is 2.55. The molecular formula is C29H40N4O4. The summed E-state index contributed by atoms with van der Waals surface area (Å²) in [5, 5.41) is 3.14. The Morgan fingerprint density at radius 1 is 0.973 bits per heavy atom. The third kappa shape index (κ3) is 4.61. The van der Waals surface area contributed by atoms with E-state index in [0.29, 0.717) is 24.3 Å². The van der Waals surface area contributed by atoms with Gasteiger partial charge in [-0.1, -0.05) is 37.8 Å². The Morgan fingerprint density at radius 2 is 1.68 bits per heavy atom. The second kappa shape index (κ2) is 10.1. The number of ketones is 1. The van der Waals surface area contributed by atoms with Gasteiger partial charge in [-0.15, -0.1) is 0 Å². The van der Waals surface area contributed by atoms with Crippen LogP contribution in [0.3, 0.4) is 0 Å². The second-order valence-electron chi connectivity index (χ2n) is 11.9. The van der Waals surface area contributed by atoms with Crippen molar-refractivity contribution in [3.05, 3.63) is 35.4 Å². The molecule has 1 aromatic rings. The molecule has 0 aromatic heterocycles. The molecule has 8 nitrogen and oxygen atoms in total. The zero-order chi connectivity index (χ0) is 25.6. The van der Waals surface area contributed by atoms with Gasteiger partial charge >= 0.3 is 0 Å². The van der Waals surface area contributed by atoms with Gasteiger partial charge in [0, 0.05) is 18.2 Å². The molecule has 1 aromatic carbocycles. The van der Waals surface area contributed by atoms with Gasteiger partial charge in [-0.2, -0.15) is 0 Å². The number of hydrogen-bond acceptors (Lipinski definition) is 6. The van der Waals surface area contributed by atoms with Crippen molar-refractivity contribution in [2.24, 2.45) is 5.73 Å². The van der Waals surface area contributed by atoms with Gasteiger partial charge in [-0.3, -0.25) is 14.4 Å². The molecule has 2 saturated carbocycles. The van der Waals surface area contributed by atoms with E-state index in [0.717, 1.165) is 38.4 Å². The summed E-state index contributed by atoms with van der Waals surface area (Å²) in [4.78, 5) is 44.1. The van der Waals surface area contributed by atoms with E-state index in [4.69, 9.17) is 10.5 Å². The molecule has 5 aliphatic rings. The van der Waals surface area contributed by atoms with Gasteiger partial charge in [0.1, 0.15) is 24.3 Å². The summed E-state index contributed by atoms with van der Waals surface area (Å²) in [7, 11) is 0. The Hall–Kier alpha value is -2.29. The zero-order valence-electron chi connectivity index (χ0n) is 21.7. The van der Waals surface area contributed by atoms with Gasteiger partial charge in [0.05, 0.1) is 6.04 Å². The molecule has 0 unspecified atom stereocenters. The third-order valence-electron chi connectivity index (χ3n) is 9.72. The lowest BCUT2D eigenvalue weighted by Gasteiger charge is -2.42. The number of carbonyl (C=O) groups is 3. The molecule has 2 amide bonds. The fourth-order valence-electron chi connectivity index (χ4n) is 7.27. The fraction of sp³-hybridized carbons (Fsp3) is 0.690. The summed E-state index contributed by atoms with van der Waals surface area (Å²) in [6, 6.07) is 7.78.